The van der Waals surface area contributed by atoms with Crippen LogP contribution in [0.5, 0.6) is 0 Å². The Labute approximate surface area is 412 Å². The summed E-state index contributed by atoms with van der Waals surface area (Å²) in [5.74, 6) is 0.952. The molecule has 0 radical (unpaired) electrons. The number of carboxylic acid groups (broad SMARTS) is 1. The molecule has 2 saturated carbocycles. The zero-order valence-electron chi connectivity index (χ0n) is 41.3. The van der Waals surface area contributed by atoms with E-state index < -0.39 is 17.2 Å². The largest absolute Gasteiger partial charge is 0.481 e. The molecule has 2 aromatic heterocycles. The molecule has 68 heavy (non-hydrogen) atoms. The van der Waals surface area contributed by atoms with Gasteiger partial charge in [0.2, 0.25) is 5.91 Å². The van der Waals surface area contributed by atoms with Gasteiger partial charge in [-0.3, -0.25) is 9.59 Å². The number of hydrogen-bond acceptors (Lipinski definition) is 9. The van der Waals surface area contributed by atoms with Crippen LogP contribution in [0.4, 0.5) is 9.59 Å². The molecule has 372 valence electrons. The van der Waals surface area contributed by atoms with Crippen LogP contribution in [0.25, 0.3) is 11.4 Å². The number of para-hydroxylation sites is 2. The fourth-order valence-electron chi connectivity index (χ4n) is 8.90. The first-order valence-corrected chi connectivity index (χ1v) is 24.7. The smallest absolute Gasteiger partial charge is 0.410 e. The van der Waals surface area contributed by atoms with Gasteiger partial charge in [-0.1, -0.05) is 64.1 Å². The number of nitrogens with one attached hydrogen (secondary N) is 1. The molecule has 17 heteroatoms. The van der Waals surface area contributed by atoms with E-state index in [2.05, 4.69) is 62.4 Å². The first-order chi connectivity index (χ1) is 32.0. The molecule has 0 spiro atoms. The van der Waals surface area contributed by atoms with E-state index in [0.29, 0.717) is 51.1 Å². The molecule has 4 fully saturated rings. The molecule has 2 aliphatic heterocycles. The number of nitrogens with two attached hydrogens (primary N) is 1. The quantitative estimate of drug-likeness (QED) is 0.123. The number of rotatable bonds is 11. The molecule has 4 N–H and O–H groups in total. The lowest BCUT2D eigenvalue weighted by Crippen LogP contribution is -2.38. The number of carbonyl (C=O) groups excluding carboxylic acids is 3. The maximum atomic E-state index is 12.8. The van der Waals surface area contributed by atoms with Crippen molar-refractivity contribution in [2.24, 2.45) is 53.1 Å². The van der Waals surface area contributed by atoms with Gasteiger partial charge < -0.3 is 35.4 Å². The van der Waals surface area contributed by atoms with Crippen LogP contribution in [0.2, 0.25) is 0 Å². The summed E-state index contributed by atoms with van der Waals surface area (Å²) in [6.45, 7) is 23.0. The van der Waals surface area contributed by atoms with Crippen molar-refractivity contribution in [3.63, 3.8) is 0 Å². The molecule has 2 aromatic carbocycles. The highest BCUT2D eigenvalue weighted by Gasteiger charge is 2.61. The molecular weight excluding hydrogens is 908 g/mol. The van der Waals surface area contributed by atoms with Crippen molar-refractivity contribution in [2.75, 3.05) is 31.5 Å². The predicted molar refractivity (Wildman–Crippen MR) is 265 cm³/mol. The third kappa shape index (κ3) is 15.2. The Bertz CT molecular complexity index is 2270. The summed E-state index contributed by atoms with van der Waals surface area (Å²) < 4.78 is 14.7. The first-order valence-electron chi connectivity index (χ1n) is 23.6. The molecule has 2 aliphatic carbocycles. The minimum atomic E-state index is -0.737. The molecule has 4 heterocycles. The molecule has 6 atom stereocenters. The third-order valence-electron chi connectivity index (χ3n) is 11.8. The highest BCUT2D eigenvalue weighted by atomic mass is 35.5. The van der Waals surface area contributed by atoms with Crippen LogP contribution < -0.4 is 11.1 Å². The highest BCUT2D eigenvalue weighted by molar-refractivity contribution is 6.40. The third-order valence-corrected chi connectivity index (χ3v) is 11.8. The second-order valence-electron chi connectivity index (χ2n) is 20.8. The summed E-state index contributed by atoms with van der Waals surface area (Å²) in [5, 5.41) is 21.4. The van der Waals surface area contributed by atoms with Gasteiger partial charge in [0, 0.05) is 50.0 Å². The van der Waals surface area contributed by atoms with Crippen LogP contribution in [0.3, 0.4) is 0 Å². The Morgan fingerprint density at radius 3 is 1.40 bits per heavy atom. The molecule has 8 rings (SSSR count). The van der Waals surface area contributed by atoms with Crippen LogP contribution in [-0.4, -0.2) is 101 Å². The summed E-state index contributed by atoms with van der Waals surface area (Å²) in [6, 6.07) is 24.5. The van der Waals surface area contributed by atoms with Gasteiger partial charge in [0.1, 0.15) is 11.2 Å². The van der Waals surface area contributed by atoms with Crippen LogP contribution in [-0.2, 0) is 45.0 Å². The number of piperidine rings is 2. The van der Waals surface area contributed by atoms with Crippen LogP contribution in [0.1, 0.15) is 92.0 Å². The van der Waals surface area contributed by atoms with Crippen molar-refractivity contribution >= 4 is 47.3 Å². The van der Waals surface area contributed by atoms with E-state index in [1.54, 1.807) is 9.80 Å². The van der Waals surface area contributed by atoms with Crippen molar-refractivity contribution < 1.29 is 33.8 Å². The molecule has 2 saturated heterocycles. The van der Waals surface area contributed by atoms with E-state index in [4.69, 9.17) is 48.6 Å². The number of ether oxygens (including phenoxy) is 2. The summed E-state index contributed by atoms with van der Waals surface area (Å²) in [6.07, 6.45) is 1.32. The second-order valence-corrected chi connectivity index (χ2v) is 21.6. The van der Waals surface area contributed by atoms with Crippen molar-refractivity contribution in [3.8, 4) is 11.4 Å². The molecule has 4 aromatic rings. The average molecular weight is 980 g/mol. The molecule has 4 aliphatic rings. The zero-order valence-corrected chi connectivity index (χ0v) is 42.8. The lowest BCUT2D eigenvalue weighted by molar-refractivity contribution is -0.139. The molecule has 15 nitrogen and oxygen atoms in total. The number of aromatic nitrogens is 4. The number of likely N-dealkylation sites (tertiary alicyclic amines) is 2. The summed E-state index contributed by atoms with van der Waals surface area (Å²) in [5.41, 5.74) is 11.0. The first kappa shape index (κ1) is 53.8. The normalized spacial score (nSPS) is 21.0. The van der Waals surface area contributed by atoms with Gasteiger partial charge in [-0.05, 0) is 126 Å². The molecule has 0 bridgehead atoms. The van der Waals surface area contributed by atoms with E-state index in [1.165, 1.54) is 5.69 Å². The van der Waals surface area contributed by atoms with Crippen molar-refractivity contribution in [3.05, 3.63) is 95.6 Å². The number of carbonyl (C=O) groups is 4. The average Bonchev–Trinajstić information content (AvgIpc) is 3.68. The fourth-order valence-corrected chi connectivity index (χ4v) is 8.90. The number of aliphatic carboxylic acids is 1. The number of alkyl halides is 2. The van der Waals surface area contributed by atoms with E-state index in [-0.39, 0.29) is 58.9 Å². The van der Waals surface area contributed by atoms with Gasteiger partial charge in [0.05, 0.1) is 40.6 Å². The lowest BCUT2D eigenvalue weighted by Gasteiger charge is -2.25. The lowest BCUT2D eigenvalue weighted by atomic mass is 10.1. The summed E-state index contributed by atoms with van der Waals surface area (Å²) in [7, 11) is 0. The number of fused-ring (bicyclic) bond motifs is 2. The van der Waals surface area contributed by atoms with Gasteiger partial charge in [0.25, 0.3) is 0 Å². The van der Waals surface area contributed by atoms with E-state index >= 15 is 0 Å². The SMILES string of the molecule is CC(C)(C)OC(=O)N1C[C@@H]2C(C(=O)O)[C@@H]2C1.CC(C)Cc1cc(CN)nn1-c1ccccc1.CC(C)Cc1cc(CNC(=O)C2[C@H]3CN(C(=O)OC(C)(C)C)C[C@@H]23)nn1-c1ccccc1.ClCCl. The Kier molecular flexibility index (Phi) is 18.6. The summed E-state index contributed by atoms with van der Waals surface area (Å²) in [4.78, 5) is 50.7. The van der Waals surface area contributed by atoms with Gasteiger partial charge in [-0.25, -0.2) is 19.0 Å². The van der Waals surface area contributed by atoms with E-state index in [0.717, 1.165) is 41.3 Å². The fraction of sp³-hybridized carbons (Fsp3) is 0.569. The Morgan fingerprint density at radius 2 is 1.04 bits per heavy atom. The maximum absolute atomic E-state index is 12.8. The Hall–Kier alpha value is -5.12. The number of carboxylic acids is 1. The number of hydrogen-bond donors (Lipinski definition) is 3. The van der Waals surface area contributed by atoms with Gasteiger partial charge >= 0.3 is 18.2 Å². The minimum absolute atomic E-state index is 0.0139. The second kappa shape index (κ2) is 23.5. The van der Waals surface area contributed by atoms with Crippen LogP contribution in [0.15, 0.2) is 72.8 Å². The predicted octanol–water partition coefficient (Wildman–Crippen LogP) is 8.93. The number of amides is 3. The van der Waals surface area contributed by atoms with E-state index in [9.17, 15) is 19.2 Å². The summed E-state index contributed by atoms with van der Waals surface area (Å²) >= 11 is 9.53. The molecule has 2 unspecified atom stereocenters. The monoisotopic (exact) mass is 978 g/mol. The van der Waals surface area contributed by atoms with Crippen molar-refractivity contribution in [1.29, 1.82) is 0 Å². The van der Waals surface area contributed by atoms with Gasteiger partial charge in [-0.15, -0.1) is 23.2 Å². The van der Waals surface area contributed by atoms with Crippen LogP contribution >= 0.6 is 23.2 Å². The Balaban J connectivity index is 0.000000202. The van der Waals surface area contributed by atoms with Crippen molar-refractivity contribution in [2.45, 2.75) is 106 Å². The minimum Gasteiger partial charge on any atom is -0.481 e. The van der Waals surface area contributed by atoms with Crippen LogP contribution in [0, 0.1) is 47.3 Å². The van der Waals surface area contributed by atoms with Crippen molar-refractivity contribution in [1.82, 2.24) is 34.7 Å². The zero-order chi connectivity index (χ0) is 50.1. The Morgan fingerprint density at radius 1 is 0.676 bits per heavy atom. The standard InChI is InChI=1S/C25H34N4O3.C14H19N3.C11H17NO4.CH2Cl2/c1-16(2)11-19-12-17(27-29(19)18-9-7-6-8-10-18)13-26-23(30)22-20-14-28(15-21(20)22)24(31)32-25(3,4)5;1-11(2)8-14-9-12(10-15)16-17(14)13-6-4-3-5-7-13;1-11(2,3)16-10(15)12-4-6-7(5-12)8(6)9(13)14;2-1-3/h6-10,12,16,20-22H,11,13-15H2,1-5H3,(H,26,30);3-7,9,11H,8,10,15H2,1-2H3;6-8H,4-5H2,1-3H3,(H,13,14);1H2/t20-,21+,22?;;6-,7+,8?;. The highest BCUT2D eigenvalue weighted by Crippen LogP contribution is 2.53. The molecule has 3 amide bonds. The number of nitrogens with zero attached hydrogens (tertiary/aromatic N) is 6. The number of benzene rings is 2. The number of halogens is 2. The maximum Gasteiger partial charge on any atom is 0.410 e. The molecular formula is C51H72Cl2N8O7. The van der Waals surface area contributed by atoms with E-state index in [1.807, 2.05) is 99.4 Å². The van der Waals surface area contributed by atoms with Gasteiger partial charge in [-0.2, -0.15) is 10.2 Å². The topological polar surface area (TPSA) is 187 Å². The van der Waals surface area contributed by atoms with Gasteiger partial charge in [0.15, 0.2) is 0 Å².